The number of anilines is 1. The number of aromatic amines is 1. The van der Waals surface area contributed by atoms with Gasteiger partial charge < -0.3 is 15.2 Å². The predicted octanol–water partition coefficient (Wildman–Crippen LogP) is 3.19. The number of aromatic nitrogens is 3. The molecule has 0 atom stereocenters. The average molecular weight is 425 g/mol. The summed E-state index contributed by atoms with van der Waals surface area (Å²) in [5.41, 5.74) is 7.93. The number of ether oxygens (including phenoxy) is 2. The van der Waals surface area contributed by atoms with E-state index < -0.39 is 0 Å². The molecule has 1 aromatic heterocycles. The Balaban J connectivity index is 1.51. The number of hydrogen-bond donors (Lipinski definition) is 3. The minimum atomic E-state index is 0.129. The van der Waals surface area contributed by atoms with E-state index in [4.69, 9.17) is 20.2 Å². The molecule has 1 fully saturated rings. The Morgan fingerprint density at radius 1 is 1.19 bits per heavy atom. The quantitative estimate of drug-likeness (QED) is 0.435. The maximum Gasteiger partial charge on any atom is 0.412 e. The first-order valence-corrected chi connectivity index (χ1v) is 10.3. The van der Waals surface area contributed by atoms with Crippen LogP contribution in [0.1, 0.15) is 18.4 Å². The summed E-state index contributed by atoms with van der Waals surface area (Å²) < 4.78 is 25.5. The minimum Gasteiger partial charge on any atom is -0.497 e. The van der Waals surface area contributed by atoms with Gasteiger partial charge in [-0.25, -0.2) is 9.49 Å². The molecule has 0 aliphatic heterocycles. The number of hydrogen-bond acceptors (Lipinski definition) is 5. The second-order valence-electron chi connectivity index (χ2n) is 7.53. The summed E-state index contributed by atoms with van der Waals surface area (Å²) in [6.45, 7) is 0.918. The van der Waals surface area contributed by atoms with Gasteiger partial charge in [-0.15, -0.1) is 0 Å². The molecule has 0 bridgehead atoms. The smallest absolute Gasteiger partial charge is 0.412 e. The number of benzene rings is 2. The molecule has 4 rings (SSSR count). The third kappa shape index (κ3) is 5.40. The lowest BCUT2D eigenvalue weighted by Gasteiger charge is -2.07. The van der Waals surface area contributed by atoms with Gasteiger partial charge in [0, 0.05) is 17.7 Å². The molecule has 7 nitrogen and oxygen atoms in total. The lowest BCUT2D eigenvalue weighted by molar-refractivity contribution is -0.729. The van der Waals surface area contributed by atoms with Crippen LogP contribution in [0.4, 0.5) is 10.3 Å². The van der Waals surface area contributed by atoms with E-state index in [0.717, 1.165) is 41.5 Å². The molecule has 0 unspecified atom stereocenters. The zero-order valence-corrected chi connectivity index (χ0v) is 17.5. The van der Waals surface area contributed by atoms with Crippen molar-refractivity contribution in [1.82, 2.24) is 10.1 Å². The first-order valence-electron chi connectivity index (χ1n) is 10.3. The number of halogens is 1. The van der Waals surface area contributed by atoms with E-state index in [1.807, 2.05) is 53.2 Å². The van der Waals surface area contributed by atoms with Gasteiger partial charge >= 0.3 is 5.95 Å². The summed E-state index contributed by atoms with van der Waals surface area (Å²) in [5, 5.41) is 6.88. The molecule has 0 amide bonds. The Hall–Kier alpha value is -3.39. The highest BCUT2D eigenvalue weighted by Crippen LogP contribution is 2.25. The molecule has 1 aliphatic rings. The van der Waals surface area contributed by atoms with E-state index in [0.29, 0.717) is 30.2 Å². The SMILES string of the molecule is COc1ccc(C[n+]2[nH]c(-c3ccc(OC/C(=C/F)CN)cc3)nc2NC2CC2)cc1. The largest absolute Gasteiger partial charge is 0.497 e. The van der Waals surface area contributed by atoms with Gasteiger partial charge in [-0.1, -0.05) is 12.1 Å². The molecule has 0 saturated heterocycles. The third-order valence-corrected chi connectivity index (χ3v) is 5.09. The van der Waals surface area contributed by atoms with E-state index >= 15 is 0 Å². The molecule has 2 aromatic carbocycles. The topological polar surface area (TPSA) is 89.1 Å². The van der Waals surface area contributed by atoms with Crippen molar-refractivity contribution in [3.8, 4) is 22.9 Å². The Morgan fingerprint density at radius 3 is 2.52 bits per heavy atom. The van der Waals surface area contributed by atoms with E-state index in [1.54, 1.807) is 7.11 Å². The number of nitrogens with zero attached hydrogens (tertiary/aromatic N) is 2. The summed E-state index contributed by atoms with van der Waals surface area (Å²) in [4.78, 5) is 4.78. The number of methoxy groups -OCH3 is 1. The van der Waals surface area contributed by atoms with Crippen LogP contribution in [0.2, 0.25) is 0 Å². The van der Waals surface area contributed by atoms with E-state index in [-0.39, 0.29) is 13.2 Å². The fourth-order valence-corrected chi connectivity index (χ4v) is 3.07. The Kier molecular flexibility index (Phi) is 6.47. The van der Waals surface area contributed by atoms with Gasteiger partial charge in [0.2, 0.25) is 5.82 Å². The minimum absolute atomic E-state index is 0.129. The lowest BCUT2D eigenvalue weighted by Crippen LogP contribution is -2.39. The summed E-state index contributed by atoms with van der Waals surface area (Å²) in [6, 6.07) is 16.0. The van der Waals surface area contributed by atoms with Crippen LogP contribution in [-0.2, 0) is 6.54 Å². The van der Waals surface area contributed by atoms with Gasteiger partial charge in [-0.3, -0.25) is 5.32 Å². The third-order valence-electron chi connectivity index (χ3n) is 5.09. The van der Waals surface area contributed by atoms with Crippen LogP contribution in [0.15, 0.2) is 60.4 Å². The summed E-state index contributed by atoms with van der Waals surface area (Å²) >= 11 is 0. The first-order chi connectivity index (χ1) is 15.2. The zero-order chi connectivity index (χ0) is 21.6. The number of nitrogens with one attached hydrogen (secondary N) is 2. The molecule has 3 aromatic rings. The van der Waals surface area contributed by atoms with Crippen molar-refractivity contribution in [1.29, 1.82) is 0 Å². The van der Waals surface area contributed by atoms with Gasteiger partial charge in [0.25, 0.3) is 0 Å². The highest BCUT2D eigenvalue weighted by molar-refractivity contribution is 5.56. The maximum absolute atomic E-state index is 12.6. The molecule has 1 saturated carbocycles. The monoisotopic (exact) mass is 424 g/mol. The number of rotatable bonds is 10. The molecule has 31 heavy (non-hydrogen) atoms. The van der Waals surface area contributed by atoms with E-state index in [9.17, 15) is 4.39 Å². The molecule has 1 heterocycles. The summed E-state index contributed by atoms with van der Waals surface area (Å²) in [7, 11) is 1.66. The number of nitrogens with two attached hydrogens (primary N) is 1. The van der Waals surface area contributed by atoms with Gasteiger partial charge in [-0.2, -0.15) is 4.68 Å². The lowest BCUT2D eigenvalue weighted by atomic mass is 10.2. The predicted molar refractivity (Wildman–Crippen MR) is 117 cm³/mol. The number of H-pyrrole nitrogens is 1. The van der Waals surface area contributed by atoms with Gasteiger partial charge in [-0.05, 0) is 59.8 Å². The molecule has 8 heteroatoms. The van der Waals surface area contributed by atoms with Crippen molar-refractivity contribution in [2.45, 2.75) is 25.4 Å². The Morgan fingerprint density at radius 2 is 1.90 bits per heavy atom. The Labute approximate surface area is 180 Å². The van der Waals surface area contributed by atoms with Crippen LogP contribution in [0.5, 0.6) is 11.5 Å². The molecule has 0 spiro atoms. The zero-order valence-electron chi connectivity index (χ0n) is 17.5. The molecular formula is C23H27FN5O2+. The van der Waals surface area contributed by atoms with Gasteiger partial charge in [0.05, 0.1) is 19.5 Å². The van der Waals surface area contributed by atoms with Crippen LogP contribution < -0.4 is 25.2 Å². The van der Waals surface area contributed by atoms with Crippen molar-refractivity contribution in [3.63, 3.8) is 0 Å². The highest BCUT2D eigenvalue weighted by atomic mass is 19.1. The summed E-state index contributed by atoms with van der Waals surface area (Å²) in [6.07, 6.45) is 2.82. The second-order valence-corrected chi connectivity index (χ2v) is 7.53. The fraction of sp³-hybridized carbons (Fsp3) is 0.304. The summed E-state index contributed by atoms with van der Waals surface area (Å²) in [5.74, 6) is 3.05. The molecule has 4 N–H and O–H groups in total. The molecular weight excluding hydrogens is 397 g/mol. The van der Waals surface area contributed by atoms with E-state index in [2.05, 4.69) is 10.4 Å². The molecule has 0 radical (unpaired) electrons. The van der Waals surface area contributed by atoms with E-state index in [1.165, 1.54) is 0 Å². The van der Waals surface area contributed by atoms with Crippen molar-refractivity contribution < 1.29 is 18.5 Å². The molecule has 162 valence electrons. The van der Waals surface area contributed by atoms with Crippen LogP contribution in [-0.4, -0.2) is 36.4 Å². The van der Waals surface area contributed by atoms with Crippen molar-refractivity contribution in [2.75, 3.05) is 25.6 Å². The highest BCUT2D eigenvalue weighted by Gasteiger charge is 2.30. The van der Waals surface area contributed by atoms with Crippen molar-refractivity contribution in [2.24, 2.45) is 5.73 Å². The van der Waals surface area contributed by atoms with Gasteiger partial charge in [0.1, 0.15) is 24.7 Å². The first kappa shape index (κ1) is 20.9. The van der Waals surface area contributed by atoms with Crippen molar-refractivity contribution >= 4 is 5.95 Å². The fourth-order valence-electron chi connectivity index (χ4n) is 3.07. The van der Waals surface area contributed by atoms with Crippen LogP contribution in [0.25, 0.3) is 11.4 Å². The normalized spacial score (nSPS) is 13.8. The van der Waals surface area contributed by atoms with Crippen molar-refractivity contribution in [3.05, 3.63) is 66.0 Å². The van der Waals surface area contributed by atoms with Crippen LogP contribution in [0, 0.1) is 0 Å². The average Bonchev–Trinajstić information content (AvgIpc) is 3.55. The second kappa shape index (κ2) is 9.61. The van der Waals surface area contributed by atoms with Crippen LogP contribution >= 0.6 is 0 Å². The van der Waals surface area contributed by atoms with Crippen LogP contribution in [0.3, 0.4) is 0 Å². The van der Waals surface area contributed by atoms with Gasteiger partial charge in [0.15, 0.2) is 0 Å². The standard InChI is InChI=1S/C23H26FN5O2/c1-30-20-8-2-16(3-9-20)14-29-23(26-19-6-7-19)27-22(28-29)18-4-10-21(11-5-18)31-15-17(12-24)13-25/h2-5,8-12,19H,6-7,13-15,25H2,1H3,(H,26,27,28)/p+1/b17-12+. The maximum atomic E-state index is 12.6. The Bertz CT molecular complexity index is 1030. The molecule has 1 aliphatic carbocycles.